The van der Waals surface area contributed by atoms with Crippen LogP contribution < -0.4 is 5.73 Å². The van der Waals surface area contributed by atoms with Crippen LogP contribution in [0.1, 0.15) is 0 Å². The Bertz CT molecular complexity index is 513. The van der Waals surface area contributed by atoms with Crippen LogP contribution in [-0.4, -0.2) is 5.16 Å². The molecule has 0 bridgehead atoms. The summed E-state index contributed by atoms with van der Waals surface area (Å²) in [6, 6.07) is 5.44. The van der Waals surface area contributed by atoms with Crippen molar-refractivity contribution in [1.29, 1.82) is 0 Å². The van der Waals surface area contributed by atoms with E-state index in [2.05, 4.69) is 37.0 Å². The Hall–Kier alpha value is -0.520. The highest BCUT2D eigenvalue weighted by molar-refractivity contribution is 9.11. The van der Waals surface area contributed by atoms with Gasteiger partial charge in [-0.1, -0.05) is 16.8 Å². The van der Waals surface area contributed by atoms with E-state index in [1.165, 1.54) is 0 Å². The third kappa shape index (κ3) is 2.04. The van der Waals surface area contributed by atoms with Gasteiger partial charge in [0.25, 0.3) is 0 Å². The van der Waals surface area contributed by atoms with E-state index < -0.39 is 0 Å². The lowest BCUT2D eigenvalue weighted by Crippen LogP contribution is -1.83. The van der Waals surface area contributed by atoms with E-state index in [1.54, 1.807) is 6.07 Å². The second-order valence-electron chi connectivity index (χ2n) is 2.84. The van der Waals surface area contributed by atoms with Crippen LogP contribution in [0.15, 0.2) is 31.7 Å². The van der Waals surface area contributed by atoms with Gasteiger partial charge in [0, 0.05) is 10.0 Å². The van der Waals surface area contributed by atoms with Gasteiger partial charge in [-0.3, -0.25) is 0 Å². The molecule has 0 fully saturated rings. The van der Waals surface area contributed by atoms with Gasteiger partial charge in [-0.05, 0) is 50.1 Å². The first-order valence-electron chi connectivity index (χ1n) is 3.95. The monoisotopic (exact) mass is 350 g/mol. The Balaban J connectivity index is 2.55. The molecule has 2 N–H and O–H groups in total. The second-order valence-corrected chi connectivity index (χ2v) is 4.89. The topological polar surface area (TPSA) is 52.0 Å². The van der Waals surface area contributed by atoms with Crippen molar-refractivity contribution in [1.82, 2.24) is 5.16 Å². The highest BCUT2D eigenvalue weighted by Gasteiger charge is 2.13. The lowest BCUT2D eigenvalue weighted by Gasteiger charge is -1.99. The lowest BCUT2D eigenvalue weighted by molar-refractivity contribution is 0.435. The number of hydrogen-bond donors (Lipinski definition) is 1. The Morgan fingerprint density at radius 1 is 1.33 bits per heavy atom. The Labute approximate surface area is 108 Å². The lowest BCUT2D eigenvalue weighted by atomic mass is 10.2. The number of nitrogen functional groups attached to an aromatic ring is 1. The molecule has 0 spiro atoms. The predicted molar refractivity (Wildman–Crippen MR) is 66.8 cm³/mol. The van der Waals surface area contributed by atoms with Crippen LogP contribution in [0.5, 0.6) is 0 Å². The first-order valence-corrected chi connectivity index (χ1v) is 5.92. The summed E-state index contributed by atoms with van der Waals surface area (Å²) in [5.41, 5.74) is 6.41. The van der Waals surface area contributed by atoms with Gasteiger partial charge in [0.15, 0.2) is 11.6 Å². The molecule has 0 saturated heterocycles. The number of nitrogens with zero attached hydrogens (tertiary/aromatic N) is 1. The summed E-state index contributed by atoms with van der Waals surface area (Å²) < 4.78 is 6.53. The van der Waals surface area contributed by atoms with E-state index >= 15 is 0 Å². The molecule has 0 unspecified atom stereocenters. The van der Waals surface area contributed by atoms with E-state index in [4.69, 9.17) is 21.9 Å². The summed E-state index contributed by atoms with van der Waals surface area (Å²) in [5, 5.41) is 4.29. The molecule has 1 aromatic carbocycles. The summed E-state index contributed by atoms with van der Waals surface area (Å²) >= 11 is 12.5. The van der Waals surface area contributed by atoms with Gasteiger partial charge in [0.1, 0.15) is 4.47 Å². The summed E-state index contributed by atoms with van der Waals surface area (Å²) in [5.74, 6) is 0.918. The first kappa shape index (κ1) is 11.0. The van der Waals surface area contributed by atoms with Crippen molar-refractivity contribution in [2.24, 2.45) is 0 Å². The van der Waals surface area contributed by atoms with Crippen LogP contribution >= 0.6 is 43.5 Å². The number of anilines is 1. The fourth-order valence-corrected chi connectivity index (χ4v) is 1.98. The SMILES string of the molecule is Nc1noc(-c2ccc(Cl)c(Br)c2)c1Br. The minimum Gasteiger partial charge on any atom is -0.380 e. The van der Waals surface area contributed by atoms with Gasteiger partial charge in [-0.2, -0.15) is 0 Å². The molecule has 6 heteroatoms. The van der Waals surface area contributed by atoms with Crippen molar-refractivity contribution in [3.8, 4) is 11.3 Å². The minimum atomic E-state index is 0.330. The zero-order chi connectivity index (χ0) is 11.0. The van der Waals surface area contributed by atoms with Crippen LogP contribution in [0.3, 0.4) is 0 Å². The fraction of sp³-hybridized carbons (Fsp3) is 0. The molecule has 2 rings (SSSR count). The maximum atomic E-state index is 5.88. The number of benzene rings is 1. The smallest absolute Gasteiger partial charge is 0.183 e. The molecule has 78 valence electrons. The van der Waals surface area contributed by atoms with Gasteiger partial charge < -0.3 is 10.3 Å². The molecule has 0 aliphatic rings. The molecule has 3 nitrogen and oxygen atoms in total. The van der Waals surface area contributed by atoms with Crippen LogP contribution in [0.2, 0.25) is 5.02 Å². The molecule has 15 heavy (non-hydrogen) atoms. The molecule has 0 aliphatic carbocycles. The molecule has 0 radical (unpaired) electrons. The van der Waals surface area contributed by atoms with E-state index in [9.17, 15) is 0 Å². The maximum Gasteiger partial charge on any atom is 0.183 e. The normalized spacial score (nSPS) is 10.6. The average Bonchev–Trinajstić information content (AvgIpc) is 2.53. The largest absolute Gasteiger partial charge is 0.380 e. The second kappa shape index (κ2) is 4.15. The summed E-state index contributed by atoms with van der Waals surface area (Å²) in [6.45, 7) is 0. The number of nitrogens with two attached hydrogens (primary N) is 1. The number of halogens is 3. The highest BCUT2D eigenvalue weighted by Crippen LogP contribution is 2.35. The number of hydrogen-bond acceptors (Lipinski definition) is 3. The molecule has 0 saturated carbocycles. The predicted octanol–water partition coefficient (Wildman–Crippen LogP) is 4.10. The summed E-state index contributed by atoms with van der Waals surface area (Å²) in [4.78, 5) is 0. The standard InChI is InChI=1S/C9H5Br2ClN2O/c10-5-3-4(1-2-6(5)12)8-7(11)9(13)14-15-8/h1-3H,(H2,13,14). The molecular formula is C9H5Br2ClN2O. The van der Waals surface area contributed by atoms with Gasteiger partial charge in [0.2, 0.25) is 0 Å². The van der Waals surface area contributed by atoms with Crippen molar-refractivity contribution in [3.63, 3.8) is 0 Å². The van der Waals surface area contributed by atoms with Crippen LogP contribution in [0.4, 0.5) is 5.82 Å². The fourth-order valence-electron chi connectivity index (χ4n) is 1.11. The van der Waals surface area contributed by atoms with Crippen LogP contribution in [0, 0.1) is 0 Å². The first-order chi connectivity index (χ1) is 7.09. The molecule has 0 atom stereocenters. The zero-order valence-corrected chi connectivity index (χ0v) is 11.2. The van der Waals surface area contributed by atoms with E-state index in [0.29, 0.717) is 21.1 Å². The number of aromatic nitrogens is 1. The van der Waals surface area contributed by atoms with Gasteiger partial charge in [0.05, 0.1) is 5.02 Å². The molecular weight excluding hydrogens is 347 g/mol. The zero-order valence-electron chi connectivity index (χ0n) is 7.30. The van der Waals surface area contributed by atoms with Gasteiger partial charge >= 0.3 is 0 Å². The Morgan fingerprint density at radius 3 is 2.60 bits per heavy atom. The Kier molecular flexibility index (Phi) is 3.04. The average molecular weight is 352 g/mol. The third-order valence-electron chi connectivity index (χ3n) is 1.84. The highest BCUT2D eigenvalue weighted by atomic mass is 79.9. The van der Waals surface area contributed by atoms with Gasteiger partial charge in [-0.15, -0.1) is 0 Å². The van der Waals surface area contributed by atoms with E-state index in [-0.39, 0.29) is 0 Å². The number of rotatable bonds is 1. The Morgan fingerprint density at radius 2 is 2.07 bits per heavy atom. The third-order valence-corrected chi connectivity index (χ3v) is 3.82. The molecule has 1 aromatic heterocycles. The molecule has 0 amide bonds. The maximum absolute atomic E-state index is 5.88. The summed E-state index contributed by atoms with van der Waals surface area (Å²) in [7, 11) is 0. The van der Waals surface area contributed by atoms with Crippen LogP contribution in [-0.2, 0) is 0 Å². The van der Waals surface area contributed by atoms with E-state index in [0.717, 1.165) is 10.0 Å². The van der Waals surface area contributed by atoms with Gasteiger partial charge in [-0.25, -0.2) is 0 Å². The summed E-state index contributed by atoms with van der Waals surface area (Å²) in [6.07, 6.45) is 0. The van der Waals surface area contributed by atoms with Crippen molar-refractivity contribution in [2.45, 2.75) is 0 Å². The van der Waals surface area contributed by atoms with Crippen molar-refractivity contribution in [3.05, 3.63) is 32.2 Å². The van der Waals surface area contributed by atoms with Crippen molar-refractivity contribution < 1.29 is 4.52 Å². The quantitative estimate of drug-likeness (QED) is 0.841. The molecule has 1 heterocycles. The van der Waals surface area contributed by atoms with E-state index in [1.807, 2.05) is 12.1 Å². The minimum absolute atomic E-state index is 0.330. The van der Waals surface area contributed by atoms with Crippen molar-refractivity contribution in [2.75, 3.05) is 5.73 Å². The van der Waals surface area contributed by atoms with Crippen LogP contribution in [0.25, 0.3) is 11.3 Å². The molecule has 0 aliphatic heterocycles. The van der Waals surface area contributed by atoms with Crippen molar-refractivity contribution >= 4 is 49.3 Å². The molecule has 2 aromatic rings.